The first-order chi connectivity index (χ1) is 7.63. The van der Waals surface area contributed by atoms with Gasteiger partial charge in [0.2, 0.25) is 0 Å². The van der Waals surface area contributed by atoms with Crippen LogP contribution in [0.3, 0.4) is 0 Å². The highest BCUT2D eigenvalue weighted by Gasteiger charge is 2.22. The number of hydrogen-bond donors (Lipinski definition) is 1. The first kappa shape index (κ1) is 14.0. The summed E-state index contributed by atoms with van der Waals surface area (Å²) in [6.45, 7) is 13.0. The van der Waals surface area contributed by atoms with E-state index in [1.165, 1.54) is 45.3 Å². The topological polar surface area (TPSA) is 15.3 Å². The summed E-state index contributed by atoms with van der Waals surface area (Å²) in [6, 6.07) is 1.42. The van der Waals surface area contributed by atoms with Gasteiger partial charge in [-0.05, 0) is 51.6 Å². The van der Waals surface area contributed by atoms with Crippen LogP contribution >= 0.6 is 0 Å². The Morgan fingerprint density at radius 2 is 1.75 bits per heavy atom. The van der Waals surface area contributed by atoms with E-state index in [2.05, 4.69) is 37.9 Å². The molecule has 1 rings (SSSR count). The van der Waals surface area contributed by atoms with Crippen LogP contribution in [0.5, 0.6) is 0 Å². The largest absolute Gasteiger partial charge is 0.313 e. The number of likely N-dealkylation sites (tertiary alicyclic amines) is 1. The third kappa shape index (κ3) is 4.84. The fraction of sp³-hybridized carbons (Fsp3) is 1.00. The summed E-state index contributed by atoms with van der Waals surface area (Å²) in [4.78, 5) is 2.69. The fourth-order valence-corrected chi connectivity index (χ4v) is 2.49. The molecule has 1 fully saturated rings. The molecule has 96 valence electrons. The van der Waals surface area contributed by atoms with Gasteiger partial charge in [0, 0.05) is 18.6 Å². The summed E-state index contributed by atoms with van der Waals surface area (Å²) in [7, 11) is 0. The molecule has 2 unspecified atom stereocenters. The minimum atomic E-state index is 0.664. The predicted molar refractivity (Wildman–Crippen MR) is 71.8 cm³/mol. The first-order valence-corrected chi connectivity index (χ1v) is 7.11. The van der Waals surface area contributed by atoms with E-state index in [9.17, 15) is 0 Å². The molecule has 0 aromatic carbocycles. The third-order valence-electron chi connectivity index (χ3n) is 3.71. The van der Waals surface area contributed by atoms with Crippen LogP contribution in [-0.4, -0.2) is 36.6 Å². The molecule has 2 nitrogen and oxygen atoms in total. The zero-order valence-electron chi connectivity index (χ0n) is 11.6. The van der Waals surface area contributed by atoms with Gasteiger partial charge in [-0.1, -0.05) is 20.8 Å². The second-order valence-corrected chi connectivity index (χ2v) is 5.74. The van der Waals surface area contributed by atoms with E-state index in [1.54, 1.807) is 0 Å². The molecular formula is C14H30N2. The lowest BCUT2D eigenvalue weighted by Gasteiger charge is -2.30. The Balaban J connectivity index is 2.36. The lowest BCUT2D eigenvalue weighted by molar-refractivity contribution is 0.202. The van der Waals surface area contributed by atoms with Gasteiger partial charge < -0.3 is 5.32 Å². The average molecular weight is 226 g/mol. The van der Waals surface area contributed by atoms with Crippen molar-refractivity contribution in [2.75, 3.05) is 19.6 Å². The summed E-state index contributed by atoms with van der Waals surface area (Å²) in [6.07, 6.45) is 5.37. The molecule has 0 spiro atoms. The van der Waals surface area contributed by atoms with E-state index >= 15 is 0 Å². The number of hydrogen-bond acceptors (Lipinski definition) is 2. The van der Waals surface area contributed by atoms with E-state index in [4.69, 9.17) is 0 Å². The van der Waals surface area contributed by atoms with E-state index < -0.39 is 0 Å². The third-order valence-corrected chi connectivity index (χ3v) is 3.71. The summed E-state index contributed by atoms with van der Waals surface area (Å²) in [5, 5.41) is 3.67. The van der Waals surface area contributed by atoms with Gasteiger partial charge in [-0.15, -0.1) is 0 Å². The molecule has 0 amide bonds. The Labute approximate surface area is 102 Å². The molecule has 16 heavy (non-hydrogen) atoms. The van der Waals surface area contributed by atoms with Gasteiger partial charge in [0.25, 0.3) is 0 Å². The van der Waals surface area contributed by atoms with Gasteiger partial charge in [-0.3, -0.25) is 4.90 Å². The molecular weight excluding hydrogens is 196 g/mol. The maximum Gasteiger partial charge on any atom is 0.0223 e. The number of nitrogens with zero attached hydrogens (tertiary/aromatic N) is 1. The van der Waals surface area contributed by atoms with Crippen molar-refractivity contribution in [2.24, 2.45) is 5.92 Å². The standard InChI is InChI=1S/C14H30N2/c1-5-13(4)15-11-14(10-12(2)3)16-8-6-7-9-16/h12-15H,5-11H2,1-4H3. The van der Waals surface area contributed by atoms with Crippen molar-refractivity contribution >= 4 is 0 Å². The van der Waals surface area contributed by atoms with Crippen LogP contribution in [0.2, 0.25) is 0 Å². The summed E-state index contributed by atoms with van der Waals surface area (Å²) in [5.74, 6) is 0.810. The van der Waals surface area contributed by atoms with Crippen molar-refractivity contribution in [3.63, 3.8) is 0 Å². The molecule has 0 saturated carbocycles. The molecule has 0 aromatic rings. The van der Waals surface area contributed by atoms with Crippen molar-refractivity contribution in [1.29, 1.82) is 0 Å². The normalized spacial score (nSPS) is 21.6. The Hall–Kier alpha value is -0.0800. The summed E-state index contributed by atoms with van der Waals surface area (Å²) < 4.78 is 0. The molecule has 1 saturated heterocycles. The molecule has 1 heterocycles. The SMILES string of the molecule is CCC(C)NCC(CC(C)C)N1CCCC1. The molecule has 2 atom stereocenters. The highest BCUT2D eigenvalue weighted by Crippen LogP contribution is 2.17. The fourth-order valence-electron chi connectivity index (χ4n) is 2.49. The monoisotopic (exact) mass is 226 g/mol. The molecule has 0 bridgehead atoms. The average Bonchev–Trinajstić information content (AvgIpc) is 2.76. The predicted octanol–water partition coefficient (Wildman–Crippen LogP) is 2.89. The van der Waals surface area contributed by atoms with Crippen molar-refractivity contribution in [1.82, 2.24) is 10.2 Å². The maximum atomic E-state index is 3.67. The highest BCUT2D eigenvalue weighted by atomic mass is 15.2. The molecule has 1 aliphatic rings. The van der Waals surface area contributed by atoms with Crippen LogP contribution in [0, 0.1) is 5.92 Å². The van der Waals surface area contributed by atoms with Crippen molar-refractivity contribution in [3.8, 4) is 0 Å². The van der Waals surface area contributed by atoms with Crippen molar-refractivity contribution in [2.45, 2.75) is 65.5 Å². The number of nitrogens with one attached hydrogen (secondary N) is 1. The Morgan fingerprint density at radius 1 is 1.12 bits per heavy atom. The maximum absolute atomic E-state index is 3.67. The van der Waals surface area contributed by atoms with E-state index in [0.29, 0.717) is 6.04 Å². The second-order valence-electron chi connectivity index (χ2n) is 5.74. The smallest absolute Gasteiger partial charge is 0.0223 e. The zero-order valence-corrected chi connectivity index (χ0v) is 11.6. The van der Waals surface area contributed by atoms with Gasteiger partial charge in [-0.25, -0.2) is 0 Å². The van der Waals surface area contributed by atoms with E-state index in [0.717, 1.165) is 12.0 Å². The van der Waals surface area contributed by atoms with Crippen LogP contribution < -0.4 is 5.32 Å². The lowest BCUT2D eigenvalue weighted by Crippen LogP contribution is -2.43. The van der Waals surface area contributed by atoms with E-state index in [1.807, 2.05) is 0 Å². The Bertz CT molecular complexity index is 174. The van der Waals surface area contributed by atoms with Crippen molar-refractivity contribution in [3.05, 3.63) is 0 Å². The van der Waals surface area contributed by atoms with E-state index in [-0.39, 0.29) is 0 Å². The Kier molecular flexibility index (Phi) is 6.37. The van der Waals surface area contributed by atoms with Gasteiger partial charge in [0.1, 0.15) is 0 Å². The van der Waals surface area contributed by atoms with Crippen molar-refractivity contribution < 1.29 is 0 Å². The van der Waals surface area contributed by atoms with Gasteiger partial charge in [0.15, 0.2) is 0 Å². The van der Waals surface area contributed by atoms with Crippen LogP contribution in [0.25, 0.3) is 0 Å². The first-order valence-electron chi connectivity index (χ1n) is 7.11. The number of rotatable bonds is 7. The van der Waals surface area contributed by atoms with Crippen LogP contribution in [-0.2, 0) is 0 Å². The lowest BCUT2D eigenvalue weighted by atomic mass is 10.0. The highest BCUT2D eigenvalue weighted by molar-refractivity contribution is 4.80. The minimum absolute atomic E-state index is 0.664. The van der Waals surface area contributed by atoms with Crippen LogP contribution in [0.1, 0.15) is 53.4 Å². The minimum Gasteiger partial charge on any atom is -0.313 e. The molecule has 0 aliphatic carbocycles. The second kappa shape index (κ2) is 7.29. The van der Waals surface area contributed by atoms with Gasteiger partial charge >= 0.3 is 0 Å². The Morgan fingerprint density at radius 3 is 2.25 bits per heavy atom. The van der Waals surface area contributed by atoms with Crippen LogP contribution in [0.4, 0.5) is 0 Å². The molecule has 1 aliphatic heterocycles. The summed E-state index contributed by atoms with van der Waals surface area (Å²) in [5.41, 5.74) is 0. The zero-order chi connectivity index (χ0) is 12.0. The summed E-state index contributed by atoms with van der Waals surface area (Å²) >= 11 is 0. The van der Waals surface area contributed by atoms with Crippen LogP contribution in [0.15, 0.2) is 0 Å². The molecule has 0 radical (unpaired) electrons. The quantitative estimate of drug-likeness (QED) is 0.718. The molecule has 0 aromatic heterocycles. The van der Waals surface area contributed by atoms with Gasteiger partial charge in [0.05, 0.1) is 0 Å². The molecule has 1 N–H and O–H groups in total. The molecule has 2 heteroatoms. The van der Waals surface area contributed by atoms with Gasteiger partial charge in [-0.2, -0.15) is 0 Å².